The largest absolute Gasteiger partial charge is 0.465 e. The van der Waals surface area contributed by atoms with Crippen LogP contribution < -0.4 is 0 Å². The van der Waals surface area contributed by atoms with Crippen LogP contribution in [-0.2, 0) is 9.53 Å². The molecule has 0 heterocycles. The summed E-state index contributed by atoms with van der Waals surface area (Å²) in [4.78, 5) is 12.2. The molecule has 0 aromatic carbocycles. The number of aliphatic hydroxyl groups is 3. The maximum atomic E-state index is 12.2. The lowest BCUT2D eigenvalue weighted by Crippen LogP contribution is -2.40. The molecule has 0 saturated carbocycles. The predicted octanol–water partition coefficient (Wildman–Crippen LogP) is 6.31. The first kappa shape index (κ1) is 31.4. The van der Waals surface area contributed by atoms with Gasteiger partial charge in [-0.25, -0.2) is 0 Å². The van der Waals surface area contributed by atoms with Crippen molar-refractivity contribution in [1.82, 2.24) is 0 Å². The Balaban J connectivity index is 3.48. The van der Waals surface area contributed by atoms with Crippen molar-refractivity contribution in [3.8, 4) is 0 Å². The van der Waals surface area contributed by atoms with Gasteiger partial charge in [-0.15, -0.1) is 0 Å². The Morgan fingerprint density at radius 3 is 1.44 bits per heavy atom. The molecule has 0 amide bonds. The van der Waals surface area contributed by atoms with Gasteiger partial charge in [-0.3, -0.25) is 4.79 Å². The number of rotatable bonds is 24. The fourth-order valence-corrected chi connectivity index (χ4v) is 4.22. The van der Waals surface area contributed by atoms with E-state index in [0.29, 0.717) is 19.4 Å². The van der Waals surface area contributed by atoms with E-state index in [0.717, 1.165) is 12.8 Å². The molecule has 0 bridgehead atoms. The highest BCUT2D eigenvalue weighted by molar-refractivity contribution is 5.73. The van der Waals surface area contributed by atoms with Gasteiger partial charge < -0.3 is 20.1 Å². The van der Waals surface area contributed by atoms with Crippen molar-refractivity contribution in [2.24, 2.45) is 5.92 Å². The number of ether oxygens (including phenoxy) is 1. The molecule has 0 saturated heterocycles. The molecule has 192 valence electrons. The summed E-state index contributed by atoms with van der Waals surface area (Å²) in [7, 11) is 0. The average Bonchev–Trinajstić information content (AvgIpc) is 2.80. The molecule has 0 spiro atoms. The van der Waals surface area contributed by atoms with E-state index in [-0.39, 0.29) is 0 Å². The molecule has 0 aliphatic carbocycles. The van der Waals surface area contributed by atoms with Gasteiger partial charge in [0, 0.05) is 0 Å². The lowest BCUT2D eigenvalue weighted by atomic mass is 9.93. The van der Waals surface area contributed by atoms with Crippen LogP contribution in [0.2, 0.25) is 0 Å². The number of unbranched alkanes of at least 4 members (excludes halogenated alkanes) is 16. The summed E-state index contributed by atoms with van der Waals surface area (Å²) in [6.07, 6.45) is 20.8. The Hall–Kier alpha value is -0.650. The van der Waals surface area contributed by atoms with Gasteiger partial charge in [0.05, 0.1) is 25.2 Å². The van der Waals surface area contributed by atoms with E-state index < -0.39 is 30.7 Å². The SMILES string of the molecule is CCCCCCCCCCCCCCCCCCCOC(=O)[C@@H](CCC)[C@H](O)[C@@H](O)CO. The molecule has 0 rings (SSSR count). The molecule has 0 aromatic rings. The molecule has 5 nitrogen and oxygen atoms in total. The van der Waals surface area contributed by atoms with Gasteiger partial charge in [-0.1, -0.05) is 123 Å². The van der Waals surface area contributed by atoms with E-state index in [4.69, 9.17) is 9.84 Å². The minimum atomic E-state index is -1.31. The Bertz CT molecular complexity index is 402. The molecule has 0 unspecified atom stereocenters. The second-order valence-electron chi connectivity index (χ2n) is 9.46. The van der Waals surface area contributed by atoms with Crippen LogP contribution in [0.4, 0.5) is 0 Å². The molecule has 0 radical (unpaired) electrons. The van der Waals surface area contributed by atoms with Crippen LogP contribution in [-0.4, -0.2) is 46.7 Å². The monoisotopic (exact) mass is 458 g/mol. The van der Waals surface area contributed by atoms with Crippen molar-refractivity contribution < 1.29 is 24.9 Å². The molecule has 3 N–H and O–H groups in total. The maximum Gasteiger partial charge on any atom is 0.311 e. The minimum Gasteiger partial charge on any atom is -0.465 e. The Labute approximate surface area is 198 Å². The van der Waals surface area contributed by atoms with Crippen LogP contribution in [0, 0.1) is 5.92 Å². The van der Waals surface area contributed by atoms with Gasteiger partial charge >= 0.3 is 5.97 Å². The topological polar surface area (TPSA) is 87.0 Å². The van der Waals surface area contributed by atoms with E-state index in [1.165, 1.54) is 96.3 Å². The van der Waals surface area contributed by atoms with Crippen LogP contribution in [0.3, 0.4) is 0 Å². The van der Waals surface area contributed by atoms with Gasteiger partial charge in [-0.2, -0.15) is 0 Å². The number of aliphatic hydroxyl groups excluding tert-OH is 3. The predicted molar refractivity (Wildman–Crippen MR) is 133 cm³/mol. The highest BCUT2D eigenvalue weighted by Gasteiger charge is 2.32. The van der Waals surface area contributed by atoms with E-state index in [2.05, 4.69) is 6.92 Å². The lowest BCUT2D eigenvalue weighted by Gasteiger charge is -2.24. The highest BCUT2D eigenvalue weighted by Crippen LogP contribution is 2.18. The summed E-state index contributed by atoms with van der Waals surface area (Å²) in [5.41, 5.74) is 0. The van der Waals surface area contributed by atoms with Crippen LogP contribution in [0.5, 0.6) is 0 Å². The number of hydrogen-bond donors (Lipinski definition) is 3. The fraction of sp³-hybridized carbons (Fsp3) is 0.963. The first-order valence-corrected chi connectivity index (χ1v) is 13.7. The van der Waals surface area contributed by atoms with Crippen molar-refractivity contribution in [1.29, 1.82) is 0 Å². The summed E-state index contributed by atoms with van der Waals surface area (Å²) >= 11 is 0. The summed E-state index contributed by atoms with van der Waals surface area (Å²) in [5.74, 6) is -1.24. The number of carbonyl (C=O) groups excluding carboxylic acids is 1. The normalized spacial score (nSPS) is 14.3. The summed E-state index contributed by atoms with van der Waals surface area (Å²) < 4.78 is 5.31. The Morgan fingerprint density at radius 2 is 1.06 bits per heavy atom. The van der Waals surface area contributed by atoms with E-state index >= 15 is 0 Å². The van der Waals surface area contributed by atoms with Crippen molar-refractivity contribution in [3.63, 3.8) is 0 Å². The summed E-state index contributed by atoms with van der Waals surface area (Å²) in [6, 6.07) is 0. The number of esters is 1. The van der Waals surface area contributed by atoms with Crippen LogP contribution in [0.15, 0.2) is 0 Å². The molecule has 0 aromatic heterocycles. The summed E-state index contributed by atoms with van der Waals surface area (Å²) in [6.45, 7) is 3.98. The molecule has 0 aliphatic rings. The van der Waals surface area contributed by atoms with Gasteiger partial charge in [0.25, 0.3) is 0 Å². The quantitative estimate of drug-likeness (QED) is 0.116. The molecular formula is C27H54O5. The standard InChI is InChI=1S/C27H54O5/c1-3-5-6-7-8-9-10-11-12-13-14-15-16-17-18-19-20-22-32-27(31)24(21-4-2)26(30)25(29)23-28/h24-26,28-30H,3-23H2,1-2H3/t24-,25-,26-/m0/s1. The van der Waals surface area contributed by atoms with Gasteiger partial charge in [0.2, 0.25) is 0 Å². The van der Waals surface area contributed by atoms with Gasteiger partial charge in [0.15, 0.2) is 0 Å². The molecule has 32 heavy (non-hydrogen) atoms. The van der Waals surface area contributed by atoms with Crippen LogP contribution >= 0.6 is 0 Å². The van der Waals surface area contributed by atoms with E-state index in [1.807, 2.05) is 6.92 Å². The minimum absolute atomic E-state index is 0.361. The molecule has 0 fully saturated rings. The Kier molecular flexibility index (Phi) is 23.0. The zero-order valence-corrected chi connectivity index (χ0v) is 21.2. The van der Waals surface area contributed by atoms with Crippen LogP contribution in [0.25, 0.3) is 0 Å². The van der Waals surface area contributed by atoms with E-state index in [9.17, 15) is 15.0 Å². The van der Waals surface area contributed by atoms with Crippen molar-refractivity contribution in [2.45, 2.75) is 148 Å². The second-order valence-corrected chi connectivity index (χ2v) is 9.46. The smallest absolute Gasteiger partial charge is 0.311 e. The second kappa shape index (κ2) is 23.5. The molecule has 5 heteroatoms. The summed E-state index contributed by atoms with van der Waals surface area (Å²) in [5, 5.41) is 28.6. The van der Waals surface area contributed by atoms with Crippen LogP contribution in [0.1, 0.15) is 136 Å². The maximum absolute atomic E-state index is 12.2. The first-order valence-electron chi connectivity index (χ1n) is 13.7. The molecule has 0 aliphatic heterocycles. The lowest BCUT2D eigenvalue weighted by molar-refractivity contribution is -0.157. The molecule has 3 atom stereocenters. The Morgan fingerprint density at radius 1 is 0.656 bits per heavy atom. The third-order valence-corrected chi connectivity index (χ3v) is 6.39. The zero-order valence-electron chi connectivity index (χ0n) is 21.2. The number of carbonyl (C=O) groups is 1. The average molecular weight is 459 g/mol. The van der Waals surface area contributed by atoms with Gasteiger partial charge in [-0.05, 0) is 12.8 Å². The van der Waals surface area contributed by atoms with Gasteiger partial charge in [0.1, 0.15) is 6.10 Å². The van der Waals surface area contributed by atoms with Crippen molar-refractivity contribution in [3.05, 3.63) is 0 Å². The van der Waals surface area contributed by atoms with E-state index in [1.54, 1.807) is 0 Å². The first-order chi connectivity index (χ1) is 15.6. The van der Waals surface area contributed by atoms with Crippen molar-refractivity contribution >= 4 is 5.97 Å². The fourth-order valence-electron chi connectivity index (χ4n) is 4.22. The third kappa shape index (κ3) is 17.9. The number of hydrogen-bond acceptors (Lipinski definition) is 5. The molecular weight excluding hydrogens is 404 g/mol. The van der Waals surface area contributed by atoms with Crippen molar-refractivity contribution in [2.75, 3.05) is 13.2 Å². The zero-order chi connectivity index (χ0) is 23.9. The third-order valence-electron chi connectivity index (χ3n) is 6.39. The highest BCUT2D eigenvalue weighted by atomic mass is 16.5.